The molecule has 0 aliphatic carbocycles. The molecule has 0 fully saturated rings. The Morgan fingerprint density at radius 2 is 2.29 bits per heavy atom. The van der Waals surface area contributed by atoms with Crippen LogP contribution in [0.4, 0.5) is 0 Å². The Balaban J connectivity index is 2.31. The van der Waals surface area contributed by atoms with Crippen LogP contribution in [0.1, 0.15) is 25.7 Å². The lowest BCUT2D eigenvalue weighted by Crippen LogP contribution is -2.27. The molecule has 0 aliphatic rings. The summed E-state index contributed by atoms with van der Waals surface area (Å²) in [6, 6.07) is 0.525. The van der Waals surface area contributed by atoms with Crippen LogP contribution >= 0.6 is 11.8 Å². The van der Waals surface area contributed by atoms with Crippen molar-refractivity contribution in [2.24, 2.45) is 0 Å². The van der Waals surface area contributed by atoms with Crippen molar-refractivity contribution >= 4 is 11.8 Å². The highest BCUT2D eigenvalue weighted by atomic mass is 32.2. The molecule has 1 aromatic heterocycles. The summed E-state index contributed by atoms with van der Waals surface area (Å²) in [5.41, 5.74) is 0. The molecule has 1 heterocycles. The molecule has 0 saturated heterocycles. The molecule has 14 heavy (non-hydrogen) atoms. The molecule has 5 heteroatoms. The van der Waals surface area contributed by atoms with E-state index in [0.717, 1.165) is 5.75 Å². The van der Waals surface area contributed by atoms with Crippen LogP contribution in [-0.4, -0.2) is 29.0 Å². The van der Waals surface area contributed by atoms with E-state index in [2.05, 4.69) is 22.4 Å². The van der Waals surface area contributed by atoms with Gasteiger partial charge in [0.25, 0.3) is 5.22 Å². The maximum Gasteiger partial charge on any atom is 0.276 e. The first-order valence-electron chi connectivity index (χ1n) is 4.86. The number of rotatable bonds is 6. The molecule has 1 unspecified atom stereocenters. The number of hydrogen-bond acceptors (Lipinski definition) is 5. The highest BCUT2D eigenvalue weighted by molar-refractivity contribution is 7.99. The monoisotopic (exact) mass is 215 g/mol. The summed E-state index contributed by atoms with van der Waals surface area (Å²) in [5, 5.41) is 11.6. The van der Waals surface area contributed by atoms with E-state index in [0.29, 0.717) is 17.2 Å². The first-order valence-corrected chi connectivity index (χ1v) is 5.85. The first-order chi connectivity index (χ1) is 6.76. The Labute approximate surface area is 88.9 Å². The minimum Gasteiger partial charge on any atom is -0.416 e. The molecule has 1 aromatic rings. The maximum absolute atomic E-state index is 5.27. The molecule has 0 saturated carbocycles. The highest BCUT2D eigenvalue weighted by Crippen LogP contribution is 2.17. The summed E-state index contributed by atoms with van der Waals surface area (Å²) in [6.07, 6.45) is 2.37. The van der Waals surface area contributed by atoms with E-state index >= 15 is 0 Å². The molecular formula is C9H17N3OS. The Kier molecular flexibility index (Phi) is 4.97. The van der Waals surface area contributed by atoms with Gasteiger partial charge in [0.15, 0.2) is 0 Å². The third-order valence-corrected chi connectivity index (χ3v) is 2.94. The predicted molar refractivity (Wildman–Crippen MR) is 57.5 cm³/mol. The summed E-state index contributed by atoms with van der Waals surface area (Å²) in [7, 11) is 1.99. The zero-order valence-corrected chi connectivity index (χ0v) is 9.73. The van der Waals surface area contributed by atoms with Gasteiger partial charge in [-0.1, -0.05) is 25.1 Å². The molecule has 0 spiro atoms. The fraction of sp³-hybridized carbons (Fsp3) is 0.778. The number of thioether (sulfide) groups is 1. The summed E-state index contributed by atoms with van der Waals surface area (Å²) in [4.78, 5) is 0. The van der Waals surface area contributed by atoms with Crippen molar-refractivity contribution in [3.05, 3.63) is 5.89 Å². The van der Waals surface area contributed by atoms with E-state index in [4.69, 9.17) is 4.42 Å². The van der Waals surface area contributed by atoms with Gasteiger partial charge in [-0.2, -0.15) is 0 Å². The normalized spacial score (nSPS) is 13.1. The van der Waals surface area contributed by atoms with Crippen molar-refractivity contribution in [2.45, 2.75) is 38.0 Å². The Hall–Kier alpha value is -0.550. The van der Waals surface area contributed by atoms with Crippen LogP contribution in [0.3, 0.4) is 0 Å². The summed E-state index contributed by atoms with van der Waals surface area (Å²) >= 11 is 1.61. The molecule has 1 N–H and O–H groups in total. The van der Waals surface area contributed by atoms with Crippen molar-refractivity contribution in [2.75, 3.05) is 12.8 Å². The van der Waals surface area contributed by atoms with Crippen LogP contribution in [0.25, 0.3) is 0 Å². The van der Waals surface area contributed by atoms with Gasteiger partial charge in [0.1, 0.15) is 0 Å². The van der Waals surface area contributed by atoms with Gasteiger partial charge in [0, 0.05) is 18.7 Å². The number of hydrogen-bond donors (Lipinski definition) is 1. The molecule has 0 amide bonds. The van der Waals surface area contributed by atoms with E-state index in [-0.39, 0.29) is 0 Å². The van der Waals surface area contributed by atoms with E-state index < -0.39 is 0 Å². The molecule has 0 bridgehead atoms. The van der Waals surface area contributed by atoms with Crippen LogP contribution in [0.5, 0.6) is 0 Å². The van der Waals surface area contributed by atoms with Crippen molar-refractivity contribution in [1.29, 1.82) is 0 Å². The van der Waals surface area contributed by atoms with Gasteiger partial charge in [0.05, 0.1) is 0 Å². The Morgan fingerprint density at radius 1 is 1.50 bits per heavy atom. The number of nitrogens with one attached hydrogen (secondary N) is 1. The van der Waals surface area contributed by atoms with Crippen molar-refractivity contribution < 1.29 is 4.42 Å². The summed E-state index contributed by atoms with van der Waals surface area (Å²) < 4.78 is 5.27. The first kappa shape index (κ1) is 11.5. The highest BCUT2D eigenvalue weighted by Gasteiger charge is 2.08. The molecule has 1 atom stereocenters. The van der Waals surface area contributed by atoms with E-state index in [1.165, 1.54) is 12.8 Å². The van der Waals surface area contributed by atoms with Gasteiger partial charge in [-0.25, -0.2) is 0 Å². The summed E-state index contributed by atoms with van der Waals surface area (Å²) in [5.74, 6) is 1.61. The van der Waals surface area contributed by atoms with Gasteiger partial charge in [0.2, 0.25) is 5.89 Å². The van der Waals surface area contributed by atoms with Crippen LogP contribution < -0.4 is 5.32 Å². The third-order valence-electron chi connectivity index (χ3n) is 1.96. The average molecular weight is 215 g/mol. The number of nitrogens with zero attached hydrogens (tertiary/aromatic N) is 2. The number of aromatic nitrogens is 2. The van der Waals surface area contributed by atoms with E-state index in [1.54, 1.807) is 18.7 Å². The molecule has 0 aliphatic heterocycles. The van der Waals surface area contributed by atoms with Crippen LogP contribution in [0.15, 0.2) is 9.64 Å². The van der Waals surface area contributed by atoms with Crippen molar-refractivity contribution in [1.82, 2.24) is 15.5 Å². The minimum absolute atomic E-state index is 0.525. The average Bonchev–Trinajstić information content (AvgIpc) is 2.59. The third kappa shape index (κ3) is 3.67. The lowest BCUT2D eigenvalue weighted by atomic mass is 10.2. The lowest BCUT2D eigenvalue weighted by molar-refractivity contribution is 0.428. The molecule has 80 valence electrons. The smallest absolute Gasteiger partial charge is 0.276 e. The van der Waals surface area contributed by atoms with E-state index in [1.807, 2.05) is 7.05 Å². The molecule has 0 radical (unpaired) electrons. The summed E-state index contributed by atoms with van der Waals surface area (Å²) in [6.45, 7) is 3.99. The Bertz CT molecular complexity index is 264. The van der Waals surface area contributed by atoms with Crippen LogP contribution in [0.2, 0.25) is 0 Å². The lowest BCUT2D eigenvalue weighted by Gasteiger charge is -2.12. The fourth-order valence-electron chi connectivity index (χ4n) is 1.17. The second kappa shape index (κ2) is 6.03. The van der Waals surface area contributed by atoms with Gasteiger partial charge in [-0.05, 0) is 13.5 Å². The van der Waals surface area contributed by atoms with Gasteiger partial charge in [-0.3, -0.25) is 0 Å². The largest absolute Gasteiger partial charge is 0.416 e. The van der Waals surface area contributed by atoms with Gasteiger partial charge >= 0.3 is 0 Å². The van der Waals surface area contributed by atoms with Crippen molar-refractivity contribution in [3.8, 4) is 0 Å². The van der Waals surface area contributed by atoms with Crippen LogP contribution in [-0.2, 0) is 0 Å². The Morgan fingerprint density at radius 3 is 2.79 bits per heavy atom. The second-order valence-electron chi connectivity index (χ2n) is 3.17. The van der Waals surface area contributed by atoms with Gasteiger partial charge < -0.3 is 9.73 Å². The fourth-order valence-corrected chi connectivity index (χ4v) is 2.12. The molecule has 0 aromatic carbocycles. The zero-order valence-electron chi connectivity index (χ0n) is 8.91. The minimum atomic E-state index is 0.525. The van der Waals surface area contributed by atoms with E-state index in [9.17, 15) is 0 Å². The molecule has 4 nitrogen and oxygen atoms in total. The number of aryl methyl sites for hydroxylation is 1. The van der Waals surface area contributed by atoms with Crippen molar-refractivity contribution in [3.63, 3.8) is 0 Å². The van der Waals surface area contributed by atoms with Crippen LogP contribution in [0, 0.1) is 6.92 Å². The topological polar surface area (TPSA) is 51.0 Å². The maximum atomic E-state index is 5.27. The zero-order chi connectivity index (χ0) is 10.4. The standard InChI is InChI=1S/C9H17N3OS/c1-4-5-8(10-3)6-14-9-12-11-7(2)13-9/h8,10H,4-6H2,1-3H3. The quantitative estimate of drug-likeness (QED) is 0.734. The SMILES string of the molecule is CCCC(CSc1nnc(C)o1)NC. The predicted octanol–water partition coefficient (Wildman–Crippen LogP) is 1.86. The van der Waals surface area contributed by atoms with Gasteiger partial charge in [-0.15, -0.1) is 10.2 Å². The molecule has 1 rings (SSSR count). The second-order valence-corrected chi connectivity index (χ2v) is 4.14. The molecular weight excluding hydrogens is 198 g/mol.